The van der Waals surface area contributed by atoms with Crippen LogP contribution in [0.3, 0.4) is 0 Å². The van der Waals surface area contributed by atoms with Crippen molar-refractivity contribution in [2.24, 2.45) is 11.1 Å². The zero-order valence-electron chi connectivity index (χ0n) is 16.5. The van der Waals surface area contributed by atoms with Crippen LogP contribution < -0.4 is 15.2 Å². The van der Waals surface area contributed by atoms with Gasteiger partial charge in [-0.3, -0.25) is 0 Å². The first-order valence-corrected chi connectivity index (χ1v) is 10.4. The van der Waals surface area contributed by atoms with E-state index >= 15 is 0 Å². The minimum atomic E-state index is -4.29. The van der Waals surface area contributed by atoms with Crippen LogP contribution >= 0.6 is 0 Å². The van der Waals surface area contributed by atoms with Gasteiger partial charge in [0.1, 0.15) is 10.7 Å². The topological polar surface area (TPSA) is 119 Å². The van der Waals surface area contributed by atoms with Crippen molar-refractivity contribution in [3.05, 3.63) is 41.4 Å². The molecule has 0 spiro atoms. The van der Waals surface area contributed by atoms with Crippen molar-refractivity contribution in [1.29, 1.82) is 0 Å². The molecule has 0 saturated carbocycles. The highest BCUT2D eigenvalue weighted by atomic mass is 32.2. The molecule has 0 fully saturated rings. The molecule has 0 aliphatic heterocycles. The monoisotopic (exact) mass is 414 g/mol. The second kappa shape index (κ2) is 10.2. The standard InChI is InChI=1S/C19H27FN2O5S/c1-5-6-9-22-15-10-14(19(23)24)11-17(28(21,25)26)18(15)27-16(12(2)3)8-7-13(4)20/h7-8,10-12,22H,5-6,9H2,1-4H3,(H,23,24)(H2,21,25,26). The first-order chi connectivity index (χ1) is 13.0. The predicted octanol–water partition coefficient (Wildman–Crippen LogP) is 4.04. The zero-order chi connectivity index (χ0) is 21.5. The number of allylic oxidation sites excluding steroid dienone is 4. The zero-order valence-corrected chi connectivity index (χ0v) is 17.3. The number of primary sulfonamides is 1. The first-order valence-electron chi connectivity index (χ1n) is 8.87. The minimum Gasteiger partial charge on any atom is -0.478 e. The summed E-state index contributed by atoms with van der Waals surface area (Å²) in [6.07, 6.45) is 4.25. The highest BCUT2D eigenvalue weighted by molar-refractivity contribution is 7.89. The summed E-state index contributed by atoms with van der Waals surface area (Å²) < 4.78 is 43.2. The fourth-order valence-electron chi connectivity index (χ4n) is 2.23. The molecule has 0 aromatic heterocycles. The number of nitrogens with one attached hydrogen (secondary N) is 1. The molecule has 156 valence electrons. The van der Waals surface area contributed by atoms with Gasteiger partial charge in [-0.1, -0.05) is 27.2 Å². The van der Waals surface area contributed by atoms with Gasteiger partial charge in [0.05, 0.1) is 17.1 Å². The number of hydrogen-bond acceptors (Lipinski definition) is 5. The number of ether oxygens (including phenoxy) is 1. The van der Waals surface area contributed by atoms with E-state index in [1.807, 2.05) is 6.92 Å². The van der Waals surface area contributed by atoms with E-state index < -0.39 is 26.7 Å². The van der Waals surface area contributed by atoms with Gasteiger partial charge in [-0.15, -0.1) is 0 Å². The van der Waals surface area contributed by atoms with Crippen molar-refractivity contribution in [3.8, 4) is 5.75 Å². The van der Waals surface area contributed by atoms with Crippen molar-refractivity contribution in [1.82, 2.24) is 0 Å². The number of unbranched alkanes of at least 4 members (excludes halogenated alkanes) is 1. The Hall–Kier alpha value is -2.39. The van der Waals surface area contributed by atoms with Gasteiger partial charge < -0.3 is 15.2 Å². The van der Waals surface area contributed by atoms with Crippen molar-refractivity contribution >= 4 is 21.7 Å². The number of anilines is 1. The Balaban J connectivity index is 3.64. The van der Waals surface area contributed by atoms with Gasteiger partial charge in [-0.25, -0.2) is 22.7 Å². The average molecular weight is 414 g/mol. The Kier molecular flexibility index (Phi) is 8.64. The number of nitrogens with two attached hydrogens (primary N) is 1. The average Bonchev–Trinajstić information content (AvgIpc) is 2.57. The van der Waals surface area contributed by atoms with Gasteiger partial charge in [0.2, 0.25) is 10.0 Å². The first kappa shape index (κ1) is 23.6. The van der Waals surface area contributed by atoms with E-state index in [9.17, 15) is 22.7 Å². The Bertz CT molecular complexity index is 873. The number of hydrogen-bond donors (Lipinski definition) is 3. The lowest BCUT2D eigenvalue weighted by molar-refractivity contribution is 0.0696. The summed E-state index contributed by atoms with van der Waals surface area (Å²) >= 11 is 0. The highest BCUT2D eigenvalue weighted by Crippen LogP contribution is 2.36. The third-order valence-corrected chi connectivity index (χ3v) is 4.64. The maximum Gasteiger partial charge on any atom is 0.335 e. The molecule has 0 radical (unpaired) electrons. The van der Waals surface area contributed by atoms with Crippen LogP contribution in [0.5, 0.6) is 5.75 Å². The fraction of sp³-hybridized carbons (Fsp3) is 0.421. The van der Waals surface area contributed by atoms with Crippen LogP contribution in [0.4, 0.5) is 10.1 Å². The smallest absolute Gasteiger partial charge is 0.335 e. The number of benzene rings is 1. The lowest BCUT2D eigenvalue weighted by Crippen LogP contribution is -2.17. The minimum absolute atomic E-state index is 0.117. The van der Waals surface area contributed by atoms with Crippen LogP contribution in [-0.4, -0.2) is 26.0 Å². The fourth-order valence-corrected chi connectivity index (χ4v) is 2.93. The predicted molar refractivity (Wildman–Crippen MR) is 107 cm³/mol. The second-order valence-electron chi connectivity index (χ2n) is 6.56. The van der Waals surface area contributed by atoms with Gasteiger partial charge in [0.15, 0.2) is 5.75 Å². The molecule has 0 aliphatic rings. The van der Waals surface area contributed by atoms with E-state index in [1.54, 1.807) is 13.8 Å². The molecule has 1 aromatic rings. The molecule has 7 nitrogen and oxygen atoms in total. The van der Waals surface area contributed by atoms with Gasteiger partial charge in [-0.2, -0.15) is 0 Å². The van der Waals surface area contributed by atoms with Crippen molar-refractivity contribution < 1.29 is 27.4 Å². The van der Waals surface area contributed by atoms with E-state index in [4.69, 9.17) is 9.88 Å². The van der Waals surface area contributed by atoms with Crippen LogP contribution in [-0.2, 0) is 10.0 Å². The molecule has 0 heterocycles. The van der Waals surface area contributed by atoms with E-state index in [0.717, 1.165) is 18.9 Å². The van der Waals surface area contributed by atoms with Crippen LogP contribution in [0.2, 0.25) is 0 Å². The Labute approximate surface area is 165 Å². The summed E-state index contributed by atoms with van der Waals surface area (Å²) in [6.45, 7) is 7.31. The van der Waals surface area contributed by atoms with Gasteiger partial charge in [0.25, 0.3) is 0 Å². The summed E-state index contributed by atoms with van der Waals surface area (Å²) in [5, 5.41) is 17.6. The molecule has 28 heavy (non-hydrogen) atoms. The lowest BCUT2D eigenvalue weighted by Gasteiger charge is -2.20. The quantitative estimate of drug-likeness (QED) is 0.302. The summed E-state index contributed by atoms with van der Waals surface area (Å²) in [4.78, 5) is 11.0. The molecule has 1 rings (SSSR count). The molecular weight excluding hydrogens is 387 g/mol. The maximum absolute atomic E-state index is 13.1. The number of aromatic carboxylic acids is 1. The van der Waals surface area contributed by atoms with E-state index in [0.29, 0.717) is 12.3 Å². The number of halogens is 1. The van der Waals surface area contributed by atoms with Gasteiger partial charge >= 0.3 is 5.97 Å². The molecule has 0 amide bonds. The van der Waals surface area contributed by atoms with Gasteiger partial charge in [0, 0.05) is 12.5 Å². The molecule has 0 saturated heterocycles. The third-order valence-electron chi connectivity index (χ3n) is 3.72. The molecule has 0 unspecified atom stereocenters. The third kappa shape index (κ3) is 6.97. The maximum atomic E-state index is 13.1. The van der Waals surface area contributed by atoms with Crippen LogP contribution in [0.15, 0.2) is 40.8 Å². The second-order valence-corrected chi connectivity index (χ2v) is 8.09. The van der Waals surface area contributed by atoms with Crippen molar-refractivity contribution in [3.63, 3.8) is 0 Å². The van der Waals surface area contributed by atoms with E-state index in [1.165, 1.54) is 25.1 Å². The summed E-state index contributed by atoms with van der Waals surface area (Å²) in [6, 6.07) is 2.24. The number of carboxylic acid groups (broad SMARTS) is 1. The highest BCUT2D eigenvalue weighted by Gasteiger charge is 2.24. The summed E-state index contributed by atoms with van der Waals surface area (Å²) in [7, 11) is -4.29. The SMILES string of the molecule is CCCCNc1cc(C(=O)O)cc(S(N)(=O)=O)c1OC(=CC=C(C)F)C(C)C. The molecule has 1 aromatic carbocycles. The van der Waals surface area contributed by atoms with Gasteiger partial charge in [-0.05, 0) is 37.6 Å². The van der Waals surface area contributed by atoms with Crippen LogP contribution in [0.25, 0.3) is 0 Å². The van der Waals surface area contributed by atoms with Crippen LogP contribution in [0.1, 0.15) is 50.9 Å². The van der Waals surface area contributed by atoms with Crippen molar-refractivity contribution in [2.45, 2.75) is 45.4 Å². The molecule has 0 bridgehead atoms. The van der Waals surface area contributed by atoms with Crippen LogP contribution in [0, 0.1) is 5.92 Å². The Morgan fingerprint density at radius 3 is 2.46 bits per heavy atom. The summed E-state index contributed by atoms with van der Waals surface area (Å²) in [5.74, 6) is -1.77. The Morgan fingerprint density at radius 2 is 2.00 bits per heavy atom. The molecular formula is C19H27FN2O5S. The van der Waals surface area contributed by atoms with Crippen molar-refractivity contribution in [2.75, 3.05) is 11.9 Å². The number of rotatable bonds is 10. The Morgan fingerprint density at radius 1 is 1.36 bits per heavy atom. The lowest BCUT2D eigenvalue weighted by atomic mass is 10.1. The molecule has 0 aliphatic carbocycles. The van der Waals surface area contributed by atoms with E-state index in [-0.39, 0.29) is 22.9 Å². The van der Waals surface area contributed by atoms with E-state index in [2.05, 4.69) is 5.32 Å². The number of carboxylic acids is 1. The molecule has 4 N–H and O–H groups in total. The number of sulfonamides is 1. The number of carbonyl (C=O) groups is 1. The normalized spacial score (nSPS) is 13.0. The largest absolute Gasteiger partial charge is 0.478 e. The molecule has 0 atom stereocenters. The summed E-state index contributed by atoms with van der Waals surface area (Å²) in [5.41, 5.74) is -0.0603. The molecule has 9 heteroatoms.